The van der Waals surface area contributed by atoms with Gasteiger partial charge in [0.25, 0.3) is 0 Å². The maximum Gasteiger partial charge on any atom is 0.248 e. The molecule has 0 saturated heterocycles. The Balaban J connectivity index is 1.79. The van der Waals surface area contributed by atoms with Crippen LogP contribution in [0.1, 0.15) is 38.8 Å². The summed E-state index contributed by atoms with van der Waals surface area (Å²) in [6, 6.07) is 15.1. The van der Waals surface area contributed by atoms with Crippen molar-refractivity contribution in [1.82, 2.24) is 10.2 Å². The first-order valence-corrected chi connectivity index (χ1v) is 10.6. The number of benzene rings is 2. The van der Waals surface area contributed by atoms with Crippen LogP contribution in [0.5, 0.6) is 0 Å². The highest BCUT2D eigenvalue weighted by Gasteiger charge is 2.16. The Morgan fingerprint density at radius 3 is 2.27 bits per heavy atom. The number of nitrogens with one attached hydrogen (secondary N) is 2. The van der Waals surface area contributed by atoms with E-state index in [0.717, 1.165) is 5.56 Å². The van der Waals surface area contributed by atoms with Gasteiger partial charge in [0.1, 0.15) is 0 Å². The van der Waals surface area contributed by atoms with Gasteiger partial charge in [-0.3, -0.25) is 10.8 Å². The van der Waals surface area contributed by atoms with Crippen LogP contribution in [0.15, 0.2) is 89.4 Å². The standard InChI is InChI=1S/C27H28N4O2/c1-6-9-18(10-7-2)23(28)32-24(29)20-11-8-12-21(17-20)26-31-30-25(33-26)19-13-15-22(16-14-19)27(3,4)5/h6-17,28-29H,1H2,2-5H3/b10-7-,18-9+,28-23?,29-24?. The van der Waals surface area contributed by atoms with Crippen molar-refractivity contribution >= 4 is 11.8 Å². The van der Waals surface area contributed by atoms with Crippen LogP contribution in [-0.2, 0) is 10.2 Å². The number of hydrogen-bond donors (Lipinski definition) is 2. The number of hydrogen-bond acceptors (Lipinski definition) is 6. The fourth-order valence-corrected chi connectivity index (χ4v) is 3.10. The van der Waals surface area contributed by atoms with Gasteiger partial charge in [-0.1, -0.05) is 69.9 Å². The second kappa shape index (κ2) is 10.0. The van der Waals surface area contributed by atoms with Crippen molar-refractivity contribution in [2.75, 3.05) is 0 Å². The van der Waals surface area contributed by atoms with Crippen LogP contribution in [0.3, 0.4) is 0 Å². The number of rotatable bonds is 6. The van der Waals surface area contributed by atoms with Gasteiger partial charge in [0.05, 0.1) is 0 Å². The van der Waals surface area contributed by atoms with Gasteiger partial charge in [0.15, 0.2) is 0 Å². The van der Waals surface area contributed by atoms with Crippen LogP contribution >= 0.6 is 0 Å². The van der Waals surface area contributed by atoms with Crippen molar-refractivity contribution in [2.24, 2.45) is 0 Å². The van der Waals surface area contributed by atoms with E-state index in [1.807, 2.05) is 25.1 Å². The van der Waals surface area contributed by atoms with E-state index >= 15 is 0 Å². The Labute approximate surface area is 194 Å². The molecule has 6 nitrogen and oxygen atoms in total. The fraction of sp³-hybridized carbons (Fsp3) is 0.185. The molecule has 0 aliphatic rings. The number of allylic oxidation sites excluding steroid dienone is 3. The van der Waals surface area contributed by atoms with E-state index in [-0.39, 0.29) is 17.2 Å². The highest BCUT2D eigenvalue weighted by Crippen LogP contribution is 2.28. The Morgan fingerprint density at radius 1 is 1.00 bits per heavy atom. The molecule has 3 rings (SSSR count). The van der Waals surface area contributed by atoms with Crippen LogP contribution in [0.25, 0.3) is 22.9 Å². The number of aromatic nitrogens is 2. The van der Waals surface area contributed by atoms with Crippen LogP contribution in [0.4, 0.5) is 0 Å². The summed E-state index contributed by atoms with van der Waals surface area (Å²) in [5.74, 6) is 0.478. The van der Waals surface area contributed by atoms with Crippen molar-refractivity contribution in [3.05, 3.63) is 96.1 Å². The third kappa shape index (κ3) is 5.80. The summed E-state index contributed by atoms with van der Waals surface area (Å²) < 4.78 is 11.3. The fourth-order valence-electron chi connectivity index (χ4n) is 3.10. The summed E-state index contributed by atoms with van der Waals surface area (Å²) >= 11 is 0. The molecule has 2 N–H and O–H groups in total. The molecule has 6 heteroatoms. The molecule has 3 aromatic rings. The first-order valence-electron chi connectivity index (χ1n) is 10.6. The first-order chi connectivity index (χ1) is 15.7. The number of ether oxygens (including phenoxy) is 1. The van der Waals surface area contributed by atoms with Gasteiger partial charge in [-0.05, 0) is 48.2 Å². The van der Waals surface area contributed by atoms with Gasteiger partial charge in [-0.2, -0.15) is 0 Å². The molecule has 0 fully saturated rings. The summed E-state index contributed by atoms with van der Waals surface area (Å²) in [6.07, 6.45) is 6.74. The normalized spacial score (nSPS) is 12.1. The van der Waals surface area contributed by atoms with Gasteiger partial charge < -0.3 is 9.15 Å². The largest absolute Gasteiger partial charge is 0.421 e. The lowest BCUT2D eigenvalue weighted by Gasteiger charge is -2.18. The Kier molecular flexibility index (Phi) is 7.18. The molecule has 33 heavy (non-hydrogen) atoms. The van der Waals surface area contributed by atoms with Crippen molar-refractivity contribution in [3.63, 3.8) is 0 Å². The third-order valence-electron chi connectivity index (χ3n) is 4.90. The van der Waals surface area contributed by atoms with E-state index in [1.54, 1.807) is 42.5 Å². The second-order valence-corrected chi connectivity index (χ2v) is 8.44. The lowest BCUT2D eigenvalue weighted by Crippen LogP contribution is -2.13. The minimum absolute atomic E-state index is 0.0664. The smallest absolute Gasteiger partial charge is 0.248 e. The Bertz CT molecular complexity index is 1230. The molecule has 2 aromatic carbocycles. The zero-order chi connectivity index (χ0) is 24.0. The lowest BCUT2D eigenvalue weighted by molar-refractivity contribution is 0.538. The molecule has 0 unspecified atom stereocenters. The van der Waals surface area contributed by atoms with Gasteiger partial charge in [0.2, 0.25) is 23.6 Å². The van der Waals surface area contributed by atoms with E-state index < -0.39 is 0 Å². The summed E-state index contributed by atoms with van der Waals surface area (Å²) in [5.41, 5.74) is 3.80. The molecule has 0 aliphatic carbocycles. The Morgan fingerprint density at radius 2 is 1.67 bits per heavy atom. The second-order valence-electron chi connectivity index (χ2n) is 8.44. The third-order valence-corrected chi connectivity index (χ3v) is 4.90. The highest BCUT2D eigenvalue weighted by molar-refractivity contribution is 6.06. The quantitative estimate of drug-likeness (QED) is 0.253. The van der Waals surface area contributed by atoms with Crippen molar-refractivity contribution in [3.8, 4) is 22.9 Å². The van der Waals surface area contributed by atoms with Crippen LogP contribution in [-0.4, -0.2) is 22.0 Å². The zero-order valence-corrected chi connectivity index (χ0v) is 19.3. The van der Waals surface area contributed by atoms with Gasteiger partial charge in [-0.25, -0.2) is 0 Å². The SMILES string of the molecule is C=C/C=C(\C=C/C)C(=N)OC(=N)c1cccc(-c2nnc(-c3ccc(C(C)(C)C)cc3)o2)c1. The lowest BCUT2D eigenvalue weighted by atomic mass is 9.87. The molecule has 0 amide bonds. The highest BCUT2D eigenvalue weighted by atomic mass is 16.5. The maximum atomic E-state index is 8.28. The van der Waals surface area contributed by atoms with Crippen LogP contribution < -0.4 is 0 Å². The van der Waals surface area contributed by atoms with E-state index in [0.29, 0.717) is 28.5 Å². The van der Waals surface area contributed by atoms with Crippen molar-refractivity contribution in [1.29, 1.82) is 10.8 Å². The maximum absolute atomic E-state index is 8.28. The van der Waals surface area contributed by atoms with Crippen molar-refractivity contribution < 1.29 is 9.15 Å². The monoisotopic (exact) mass is 440 g/mol. The van der Waals surface area contributed by atoms with Gasteiger partial charge in [0, 0.05) is 22.3 Å². The summed E-state index contributed by atoms with van der Waals surface area (Å²) in [7, 11) is 0. The molecule has 0 atom stereocenters. The Hall–Kier alpha value is -4.06. The van der Waals surface area contributed by atoms with Crippen molar-refractivity contribution in [2.45, 2.75) is 33.1 Å². The molecule has 1 aromatic heterocycles. The molecule has 0 radical (unpaired) electrons. The molecule has 1 heterocycles. The van der Waals surface area contributed by atoms with Gasteiger partial charge >= 0.3 is 0 Å². The number of nitrogens with zero attached hydrogens (tertiary/aromatic N) is 2. The van der Waals surface area contributed by atoms with E-state index in [4.69, 9.17) is 20.0 Å². The molecule has 0 spiro atoms. The molecule has 0 bridgehead atoms. The minimum atomic E-state index is -0.154. The molecule has 168 valence electrons. The molecular formula is C27H28N4O2. The van der Waals surface area contributed by atoms with E-state index in [2.05, 4.69) is 49.7 Å². The molecular weight excluding hydrogens is 412 g/mol. The van der Waals surface area contributed by atoms with Crippen LogP contribution in [0, 0.1) is 10.8 Å². The predicted octanol–water partition coefficient (Wildman–Crippen LogP) is 6.71. The summed E-state index contributed by atoms with van der Waals surface area (Å²) in [4.78, 5) is 0. The predicted molar refractivity (Wildman–Crippen MR) is 133 cm³/mol. The minimum Gasteiger partial charge on any atom is -0.421 e. The average molecular weight is 441 g/mol. The first kappa shape index (κ1) is 23.6. The van der Waals surface area contributed by atoms with E-state index in [1.165, 1.54) is 5.56 Å². The zero-order valence-electron chi connectivity index (χ0n) is 19.3. The van der Waals surface area contributed by atoms with Gasteiger partial charge in [-0.15, -0.1) is 10.2 Å². The average Bonchev–Trinajstić information content (AvgIpc) is 3.29. The molecule has 0 aliphatic heterocycles. The topological polar surface area (TPSA) is 95.8 Å². The summed E-state index contributed by atoms with van der Waals surface area (Å²) in [6.45, 7) is 12.0. The molecule has 0 saturated carbocycles. The summed E-state index contributed by atoms with van der Waals surface area (Å²) in [5, 5.41) is 24.8. The van der Waals surface area contributed by atoms with E-state index in [9.17, 15) is 0 Å². The van der Waals surface area contributed by atoms with Crippen LogP contribution in [0.2, 0.25) is 0 Å².